The SMILES string of the molecule is COc1ccc([C@H](NC(=O)/C=C\c2ccc3c(c2)OCO3)C(=O)Nc2ccc3c(c2)OCO3)cc1. The van der Waals surface area contributed by atoms with E-state index in [0.717, 1.165) is 5.56 Å². The lowest BCUT2D eigenvalue weighted by Crippen LogP contribution is -2.36. The van der Waals surface area contributed by atoms with Crippen molar-refractivity contribution in [3.8, 4) is 28.7 Å². The molecule has 0 bridgehead atoms. The Labute approximate surface area is 201 Å². The second-order valence-electron chi connectivity index (χ2n) is 7.72. The summed E-state index contributed by atoms with van der Waals surface area (Å²) in [6.45, 7) is 0.304. The monoisotopic (exact) mass is 474 g/mol. The fourth-order valence-electron chi connectivity index (χ4n) is 3.66. The zero-order valence-electron chi connectivity index (χ0n) is 18.8. The van der Waals surface area contributed by atoms with Gasteiger partial charge in [-0.2, -0.15) is 0 Å². The highest BCUT2D eigenvalue weighted by molar-refractivity contribution is 6.00. The van der Waals surface area contributed by atoms with Gasteiger partial charge in [-0.1, -0.05) is 18.2 Å². The number of benzene rings is 3. The molecular formula is C26H22N2O7. The smallest absolute Gasteiger partial charge is 0.251 e. The van der Waals surface area contributed by atoms with Crippen LogP contribution in [0, 0.1) is 0 Å². The number of hydrogen-bond acceptors (Lipinski definition) is 7. The minimum atomic E-state index is -0.958. The van der Waals surface area contributed by atoms with E-state index in [1.54, 1.807) is 67.8 Å². The second-order valence-corrected chi connectivity index (χ2v) is 7.72. The Balaban J connectivity index is 1.33. The van der Waals surface area contributed by atoms with Crippen LogP contribution >= 0.6 is 0 Å². The zero-order chi connectivity index (χ0) is 24.2. The van der Waals surface area contributed by atoms with E-state index in [9.17, 15) is 9.59 Å². The van der Waals surface area contributed by atoms with Crippen LogP contribution < -0.4 is 34.3 Å². The Morgan fingerprint density at radius 2 is 1.51 bits per heavy atom. The Morgan fingerprint density at radius 3 is 2.23 bits per heavy atom. The van der Waals surface area contributed by atoms with E-state index in [2.05, 4.69) is 10.6 Å². The van der Waals surface area contributed by atoms with Crippen molar-refractivity contribution in [3.05, 3.63) is 77.9 Å². The number of fused-ring (bicyclic) bond motifs is 2. The van der Waals surface area contributed by atoms with Gasteiger partial charge in [0.15, 0.2) is 23.0 Å². The van der Waals surface area contributed by atoms with Crippen LogP contribution in [0.2, 0.25) is 0 Å². The molecule has 3 aromatic carbocycles. The van der Waals surface area contributed by atoms with Crippen molar-refractivity contribution in [3.63, 3.8) is 0 Å². The van der Waals surface area contributed by atoms with Crippen molar-refractivity contribution >= 4 is 23.6 Å². The van der Waals surface area contributed by atoms with Crippen molar-refractivity contribution in [2.45, 2.75) is 6.04 Å². The molecule has 5 rings (SSSR count). The van der Waals surface area contributed by atoms with Gasteiger partial charge in [-0.3, -0.25) is 9.59 Å². The standard InChI is InChI=1S/C26H22N2O7/c1-31-19-7-4-17(5-8-19)25(26(30)27-18-6-10-21-23(13-18)35-15-33-21)28-24(29)11-3-16-2-9-20-22(12-16)34-14-32-20/h2-13,25H,14-15H2,1H3,(H,27,30)(H,28,29)/b11-3-/t25-/m0/s1. The van der Waals surface area contributed by atoms with Crippen LogP contribution in [-0.2, 0) is 9.59 Å². The summed E-state index contributed by atoms with van der Waals surface area (Å²) in [4.78, 5) is 26.0. The number of carbonyl (C=O) groups excluding carboxylic acids is 2. The molecule has 2 N–H and O–H groups in total. The van der Waals surface area contributed by atoms with E-state index < -0.39 is 17.9 Å². The normalized spacial score (nSPS) is 14.0. The Morgan fingerprint density at radius 1 is 0.857 bits per heavy atom. The van der Waals surface area contributed by atoms with Gasteiger partial charge in [0, 0.05) is 17.8 Å². The van der Waals surface area contributed by atoms with Crippen LogP contribution in [-0.4, -0.2) is 32.5 Å². The first kappa shape index (κ1) is 22.1. The molecule has 2 aliphatic heterocycles. The summed E-state index contributed by atoms with van der Waals surface area (Å²) >= 11 is 0. The molecule has 0 saturated heterocycles. The summed E-state index contributed by atoms with van der Waals surface area (Å²) < 4.78 is 26.6. The number of nitrogens with one attached hydrogen (secondary N) is 2. The molecule has 0 saturated carbocycles. The van der Waals surface area contributed by atoms with Gasteiger partial charge in [0.1, 0.15) is 11.8 Å². The molecule has 0 unspecified atom stereocenters. The molecule has 0 radical (unpaired) electrons. The highest BCUT2D eigenvalue weighted by atomic mass is 16.7. The zero-order valence-corrected chi connectivity index (χ0v) is 18.8. The van der Waals surface area contributed by atoms with Crippen molar-refractivity contribution in [2.75, 3.05) is 26.0 Å². The van der Waals surface area contributed by atoms with Gasteiger partial charge in [0.05, 0.1) is 7.11 Å². The summed E-state index contributed by atoms with van der Waals surface area (Å²) in [6, 6.07) is 16.4. The molecule has 178 valence electrons. The van der Waals surface area contributed by atoms with Gasteiger partial charge in [-0.05, 0) is 53.6 Å². The number of hydrogen-bond donors (Lipinski definition) is 2. The van der Waals surface area contributed by atoms with Crippen LogP contribution in [0.25, 0.3) is 6.08 Å². The maximum absolute atomic E-state index is 13.2. The minimum Gasteiger partial charge on any atom is -0.497 e. The molecule has 1 atom stereocenters. The highest BCUT2D eigenvalue weighted by Gasteiger charge is 2.23. The number of amides is 2. The average molecular weight is 474 g/mol. The summed E-state index contributed by atoms with van der Waals surface area (Å²) in [6.07, 6.45) is 3.00. The van der Waals surface area contributed by atoms with E-state index in [1.165, 1.54) is 6.08 Å². The molecule has 0 aromatic heterocycles. The van der Waals surface area contributed by atoms with E-state index >= 15 is 0 Å². The van der Waals surface area contributed by atoms with Crippen molar-refractivity contribution in [1.29, 1.82) is 0 Å². The van der Waals surface area contributed by atoms with Gasteiger partial charge in [0.2, 0.25) is 19.5 Å². The Kier molecular flexibility index (Phi) is 6.13. The lowest BCUT2D eigenvalue weighted by molar-refractivity contribution is -0.123. The van der Waals surface area contributed by atoms with Crippen LogP contribution in [0.5, 0.6) is 28.7 Å². The minimum absolute atomic E-state index is 0.132. The predicted molar refractivity (Wildman–Crippen MR) is 127 cm³/mol. The molecule has 2 heterocycles. The fourth-order valence-corrected chi connectivity index (χ4v) is 3.66. The van der Waals surface area contributed by atoms with Crippen LogP contribution in [0.3, 0.4) is 0 Å². The largest absolute Gasteiger partial charge is 0.497 e. The molecule has 0 spiro atoms. The summed E-state index contributed by atoms with van der Waals surface area (Å²) in [7, 11) is 1.56. The van der Waals surface area contributed by atoms with Crippen LogP contribution in [0.1, 0.15) is 17.2 Å². The van der Waals surface area contributed by atoms with Crippen molar-refractivity contribution < 1.29 is 33.3 Å². The van der Waals surface area contributed by atoms with Gasteiger partial charge in [-0.15, -0.1) is 0 Å². The molecule has 0 fully saturated rings. The summed E-state index contributed by atoms with van der Waals surface area (Å²) in [5.74, 6) is 2.20. The first-order chi connectivity index (χ1) is 17.1. The molecular weight excluding hydrogens is 452 g/mol. The van der Waals surface area contributed by atoms with Gasteiger partial charge < -0.3 is 34.3 Å². The molecule has 9 heteroatoms. The van der Waals surface area contributed by atoms with E-state index in [1.807, 2.05) is 6.07 Å². The fraction of sp³-hybridized carbons (Fsp3) is 0.154. The van der Waals surface area contributed by atoms with Crippen molar-refractivity contribution in [1.82, 2.24) is 5.32 Å². The third-order valence-electron chi connectivity index (χ3n) is 5.46. The molecule has 9 nitrogen and oxygen atoms in total. The number of ether oxygens (including phenoxy) is 5. The third kappa shape index (κ3) is 4.98. The van der Waals surface area contributed by atoms with E-state index in [4.69, 9.17) is 23.7 Å². The Bertz CT molecular complexity index is 1290. The van der Waals surface area contributed by atoms with Gasteiger partial charge in [0.25, 0.3) is 5.91 Å². The molecule has 0 aliphatic carbocycles. The van der Waals surface area contributed by atoms with Crippen LogP contribution in [0.15, 0.2) is 66.7 Å². The highest BCUT2D eigenvalue weighted by Crippen LogP contribution is 2.35. The number of carbonyl (C=O) groups is 2. The summed E-state index contributed by atoms with van der Waals surface area (Å²) in [5, 5.41) is 5.61. The third-order valence-corrected chi connectivity index (χ3v) is 5.46. The quantitative estimate of drug-likeness (QED) is 0.504. The first-order valence-electron chi connectivity index (χ1n) is 10.8. The summed E-state index contributed by atoms with van der Waals surface area (Å²) in [5.41, 5.74) is 1.87. The molecule has 35 heavy (non-hydrogen) atoms. The number of methoxy groups -OCH3 is 1. The Hall–Kier alpha value is -4.66. The van der Waals surface area contributed by atoms with E-state index in [-0.39, 0.29) is 13.6 Å². The maximum atomic E-state index is 13.2. The average Bonchev–Trinajstić information content (AvgIpc) is 3.55. The van der Waals surface area contributed by atoms with Gasteiger partial charge >= 0.3 is 0 Å². The first-order valence-corrected chi connectivity index (χ1v) is 10.8. The number of rotatable bonds is 7. The van der Waals surface area contributed by atoms with Crippen molar-refractivity contribution in [2.24, 2.45) is 0 Å². The van der Waals surface area contributed by atoms with Crippen LogP contribution in [0.4, 0.5) is 5.69 Å². The lowest BCUT2D eigenvalue weighted by Gasteiger charge is -2.18. The lowest BCUT2D eigenvalue weighted by atomic mass is 10.1. The number of anilines is 1. The predicted octanol–water partition coefficient (Wildman–Crippen LogP) is 3.66. The topological polar surface area (TPSA) is 104 Å². The second kappa shape index (κ2) is 9.68. The molecule has 2 amide bonds. The maximum Gasteiger partial charge on any atom is 0.251 e. The molecule has 3 aromatic rings. The van der Waals surface area contributed by atoms with Gasteiger partial charge in [-0.25, -0.2) is 0 Å². The molecule has 2 aliphatic rings. The van der Waals surface area contributed by atoms with E-state index in [0.29, 0.717) is 40.0 Å².